The predicted octanol–water partition coefficient (Wildman–Crippen LogP) is 3.87. The van der Waals surface area contributed by atoms with Crippen molar-refractivity contribution in [2.45, 2.75) is 11.1 Å². The highest BCUT2D eigenvalue weighted by Gasteiger charge is 2.33. The molecule has 0 unspecified atom stereocenters. The highest BCUT2D eigenvalue weighted by Crippen LogP contribution is 2.38. The van der Waals surface area contributed by atoms with Gasteiger partial charge in [0.2, 0.25) is 0 Å². The first-order valence-corrected chi connectivity index (χ1v) is 8.35. The van der Waals surface area contributed by atoms with E-state index < -0.39 is 11.7 Å². The lowest BCUT2D eigenvalue weighted by Gasteiger charge is -2.17. The molecule has 26 heavy (non-hydrogen) atoms. The summed E-state index contributed by atoms with van der Waals surface area (Å²) >= 11 is 1.38. The van der Waals surface area contributed by atoms with Crippen LogP contribution in [0.3, 0.4) is 0 Å². The number of anilines is 2. The first-order valence-electron chi connectivity index (χ1n) is 7.54. The number of aryl methyl sites for hydroxylation is 1. The number of benzene rings is 2. The van der Waals surface area contributed by atoms with Gasteiger partial charge in [0, 0.05) is 23.2 Å². The van der Waals surface area contributed by atoms with Crippen LogP contribution in [0.2, 0.25) is 0 Å². The van der Waals surface area contributed by atoms with Gasteiger partial charge in [0.05, 0.1) is 11.3 Å². The highest BCUT2D eigenvalue weighted by molar-refractivity contribution is 7.97. The molecule has 6 nitrogen and oxygen atoms in total. The van der Waals surface area contributed by atoms with E-state index in [1.54, 1.807) is 32.3 Å². The molecule has 3 aromatic rings. The second-order valence-corrected chi connectivity index (χ2v) is 6.39. The molecule has 0 amide bonds. The number of nitrogens with one attached hydrogen (secondary N) is 2. The molecule has 0 aliphatic rings. The van der Waals surface area contributed by atoms with Crippen molar-refractivity contribution in [3.63, 3.8) is 0 Å². The average Bonchev–Trinajstić information content (AvgIpc) is 3.02. The molecule has 0 spiro atoms. The van der Waals surface area contributed by atoms with Crippen molar-refractivity contribution in [3.05, 3.63) is 48.0 Å². The zero-order chi connectivity index (χ0) is 18.7. The molecule has 1 heterocycles. The van der Waals surface area contributed by atoms with Gasteiger partial charge in [-0.3, -0.25) is 4.72 Å². The maximum atomic E-state index is 13.3. The van der Waals surface area contributed by atoms with E-state index in [0.29, 0.717) is 17.1 Å². The van der Waals surface area contributed by atoms with E-state index in [0.717, 1.165) is 11.0 Å². The van der Waals surface area contributed by atoms with Crippen LogP contribution in [0.1, 0.15) is 5.56 Å². The quantitative estimate of drug-likeness (QED) is 0.655. The number of para-hydroxylation sites is 1. The Morgan fingerprint density at radius 1 is 1.08 bits per heavy atom. The molecule has 3 rings (SSSR count). The maximum Gasteiger partial charge on any atom is 0.418 e. The van der Waals surface area contributed by atoms with Gasteiger partial charge in [-0.15, -0.1) is 5.10 Å². The van der Waals surface area contributed by atoms with E-state index in [4.69, 9.17) is 0 Å². The number of alkyl halides is 3. The normalized spacial score (nSPS) is 11.6. The van der Waals surface area contributed by atoms with Gasteiger partial charge in [0.1, 0.15) is 0 Å². The fourth-order valence-electron chi connectivity index (χ4n) is 2.44. The number of hydrogen-bond acceptors (Lipinski definition) is 6. The number of hydrogen-bond donors (Lipinski definition) is 2. The van der Waals surface area contributed by atoms with E-state index in [-0.39, 0.29) is 5.69 Å². The Morgan fingerprint density at radius 3 is 2.50 bits per heavy atom. The summed E-state index contributed by atoms with van der Waals surface area (Å²) in [6.45, 7) is 0. The van der Waals surface area contributed by atoms with Gasteiger partial charge in [0.25, 0.3) is 0 Å². The fourth-order valence-corrected chi connectivity index (χ4v) is 2.99. The maximum absolute atomic E-state index is 13.3. The largest absolute Gasteiger partial charge is 0.418 e. The van der Waals surface area contributed by atoms with Gasteiger partial charge >= 0.3 is 6.18 Å². The molecule has 0 aliphatic heterocycles. The molecular formula is C16H15F3N6S. The van der Waals surface area contributed by atoms with Gasteiger partial charge in [0.15, 0.2) is 5.82 Å². The molecule has 0 bridgehead atoms. The number of halogens is 3. The highest BCUT2D eigenvalue weighted by atomic mass is 32.2. The van der Waals surface area contributed by atoms with Crippen molar-refractivity contribution in [2.75, 3.05) is 12.4 Å². The molecule has 0 atom stereocenters. The van der Waals surface area contributed by atoms with Gasteiger partial charge in [-0.25, -0.2) is 4.68 Å². The van der Waals surface area contributed by atoms with Crippen LogP contribution in [-0.4, -0.2) is 27.3 Å². The second kappa shape index (κ2) is 7.34. The van der Waals surface area contributed by atoms with Crippen molar-refractivity contribution in [2.24, 2.45) is 7.05 Å². The van der Waals surface area contributed by atoms with E-state index in [2.05, 4.69) is 25.6 Å². The number of tetrazole rings is 1. The molecule has 0 saturated heterocycles. The number of aromatic nitrogens is 4. The van der Waals surface area contributed by atoms with Crippen LogP contribution in [0.15, 0.2) is 47.4 Å². The second-order valence-electron chi connectivity index (χ2n) is 5.31. The lowest BCUT2D eigenvalue weighted by atomic mass is 10.1. The Kier molecular flexibility index (Phi) is 5.14. The number of nitrogens with zero attached hydrogens (tertiary/aromatic N) is 4. The molecule has 2 N–H and O–H groups in total. The average molecular weight is 380 g/mol. The van der Waals surface area contributed by atoms with Crippen molar-refractivity contribution >= 4 is 23.3 Å². The number of rotatable bonds is 5. The van der Waals surface area contributed by atoms with Crippen LogP contribution >= 0.6 is 11.9 Å². The van der Waals surface area contributed by atoms with Crippen molar-refractivity contribution in [1.82, 2.24) is 24.9 Å². The molecule has 10 heteroatoms. The summed E-state index contributed by atoms with van der Waals surface area (Å²) in [5.41, 5.74) is 0.288. The molecule has 2 aromatic carbocycles. The monoisotopic (exact) mass is 380 g/mol. The van der Waals surface area contributed by atoms with Crippen molar-refractivity contribution in [3.8, 4) is 11.4 Å². The summed E-state index contributed by atoms with van der Waals surface area (Å²) in [5.74, 6) is 0.440. The lowest BCUT2D eigenvalue weighted by molar-refractivity contribution is -0.136. The smallest absolute Gasteiger partial charge is 0.354 e. The third-order valence-corrected chi connectivity index (χ3v) is 4.27. The van der Waals surface area contributed by atoms with E-state index in [9.17, 15) is 13.2 Å². The topological polar surface area (TPSA) is 67.7 Å². The molecular weight excluding hydrogens is 365 g/mol. The minimum absolute atomic E-state index is 0.0367. The van der Waals surface area contributed by atoms with Crippen LogP contribution in [0.5, 0.6) is 0 Å². The zero-order valence-electron chi connectivity index (χ0n) is 13.9. The summed E-state index contributed by atoms with van der Waals surface area (Å²) in [5, 5.41) is 14.3. The first kappa shape index (κ1) is 18.2. The summed E-state index contributed by atoms with van der Waals surface area (Å²) in [6.07, 6.45) is -4.46. The molecule has 0 saturated carbocycles. The third kappa shape index (κ3) is 3.81. The third-order valence-electron chi connectivity index (χ3n) is 3.57. The molecule has 0 aliphatic carbocycles. The van der Waals surface area contributed by atoms with Gasteiger partial charge in [-0.05, 0) is 59.8 Å². The summed E-state index contributed by atoms with van der Waals surface area (Å²) < 4.78 is 44.2. The van der Waals surface area contributed by atoms with Crippen molar-refractivity contribution in [1.29, 1.82) is 0 Å². The van der Waals surface area contributed by atoms with E-state index in [1.165, 1.54) is 28.8 Å². The SMILES string of the molecule is CNSc1ccc(Nc2ccccc2C(F)(F)F)c(-c2nnnn2C)c1. The Morgan fingerprint density at radius 2 is 1.85 bits per heavy atom. The van der Waals surface area contributed by atoms with Crippen LogP contribution < -0.4 is 10.0 Å². The predicted molar refractivity (Wildman–Crippen MR) is 93.9 cm³/mol. The van der Waals surface area contributed by atoms with Gasteiger partial charge in [-0.1, -0.05) is 12.1 Å². The van der Waals surface area contributed by atoms with Gasteiger partial charge < -0.3 is 5.32 Å². The Labute approximate surface area is 151 Å². The minimum atomic E-state index is -4.46. The minimum Gasteiger partial charge on any atom is -0.354 e. The van der Waals surface area contributed by atoms with Gasteiger partial charge in [-0.2, -0.15) is 13.2 Å². The Balaban J connectivity index is 2.08. The Bertz CT molecular complexity index is 909. The summed E-state index contributed by atoms with van der Waals surface area (Å²) in [4.78, 5) is 0.875. The first-order chi connectivity index (χ1) is 12.4. The molecule has 0 radical (unpaired) electrons. The molecule has 0 fully saturated rings. The molecule has 136 valence electrons. The van der Waals surface area contributed by atoms with Crippen LogP contribution in [0.25, 0.3) is 11.4 Å². The summed E-state index contributed by atoms with van der Waals surface area (Å²) in [6, 6.07) is 10.6. The lowest BCUT2D eigenvalue weighted by Crippen LogP contribution is -2.09. The van der Waals surface area contributed by atoms with Crippen molar-refractivity contribution < 1.29 is 13.2 Å². The van der Waals surface area contributed by atoms with Crippen LogP contribution in [0.4, 0.5) is 24.5 Å². The van der Waals surface area contributed by atoms with E-state index in [1.807, 2.05) is 6.07 Å². The van der Waals surface area contributed by atoms with E-state index >= 15 is 0 Å². The fraction of sp³-hybridized carbons (Fsp3) is 0.188. The zero-order valence-corrected chi connectivity index (χ0v) is 14.7. The molecule has 1 aromatic heterocycles. The van der Waals surface area contributed by atoms with Crippen LogP contribution in [0, 0.1) is 0 Å². The Hall–Kier alpha value is -2.59. The standard InChI is InChI=1S/C16H15F3N6S/c1-20-26-10-7-8-13(11(9-10)15-22-23-24-25(15)2)21-14-6-4-3-5-12(14)16(17,18)19/h3-9,20-21H,1-2H3. The van der Waals surface area contributed by atoms with Crippen LogP contribution in [-0.2, 0) is 13.2 Å². The summed E-state index contributed by atoms with van der Waals surface area (Å²) in [7, 11) is 3.45.